The first kappa shape index (κ1) is 15.3. The van der Waals surface area contributed by atoms with Gasteiger partial charge < -0.3 is 9.88 Å². The maximum Gasteiger partial charge on any atom is 0.383 e. The maximum absolute atomic E-state index is 13.0. The van der Waals surface area contributed by atoms with E-state index in [0.717, 1.165) is 0 Å². The summed E-state index contributed by atoms with van der Waals surface area (Å²) in [5.41, 5.74) is 0.0147. The molecule has 0 aliphatic carbocycles. The van der Waals surface area contributed by atoms with Crippen molar-refractivity contribution >= 4 is 23.2 Å². The van der Waals surface area contributed by atoms with Gasteiger partial charge in [-0.15, -0.1) is 0 Å². The number of benzene rings is 1. The summed E-state index contributed by atoms with van der Waals surface area (Å²) in [6, 6.07) is 4.11. The molecule has 112 valence electrons. The van der Waals surface area contributed by atoms with Gasteiger partial charge in [0.15, 0.2) is 0 Å². The van der Waals surface area contributed by atoms with Gasteiger partial charge in [-0.25, -0.2) is 13.8 Å². The van der Waals surface area contributed by atoms with Crippen LogP contribution in [0.2, 0.25) is 5.02 Å². The lowest BCUT2D eigenvalue weighted by Gasteiger charge is -2.17. The molecule has 1 aromatic heterocycles. The van der Waals surface area contributed by atoms with Crippen molar-refractivity contribution in [3.05, 3.63) is 41.9 Å². The molecule has 2 aromatic rings. The van der Waals surface area contributed by atoms with Gasteiger partial charge in [0, 0.05) is 12.4 Å². The fourth-order valence-corrected chi connectivity index (χ4v) is 1.85. The van der Waals surface area contributed by atoms with Crippen molar-refractivity contribution in [2.24, 2.45) is 0 Å². The monoisotopic (exact) mass is 321 g/mol. The number of amides is 1. The van der Waals surface area contributed by atoms with E-state index in [1.165, 1.54) is 41.5 Å². The SMILES string of the molecule is O=C(Nc1cccc(Cl)c1-n1ccnc1)C(F)(F)C(F)F. The van der Waals surface area contributed by atoms with Crippen molar-refractivity contribution < 1.29 is 22.4 Å². The molecule has 0 bridgehead atoms. The average Bonchev–Trinajstić information content (AvgIpc) is 2.92. The Morgan fingerprint density at radius 3 is 2.67 bits per heavy atom. The van der Waals surface area contributed by atoms with Gasteiger partial charge in [-0.2, -0.15) is 8.78 Å². The van der Waals surface area contributed by atoms with E-state index in [4.69, 9.17) is 11.6 Å². The van der Waals surface area contributed by atoms with E-state index < -0.39 is 18.3 Å². The highest BCUT2D eigenvalue weighted by Gasteiger charge is 2.49. The summed E-state index contributed by atoms with van der Waals surface area (Å²) in [5.74, 6) is -6.91. The molecule has 0 unspecified atom stereocenters. The standard InChI is InChI=1S/C12H8ClF4N3O/c13-7-2-1-3-8(9(7)20-5-4-18-6-20)19-11(21)12(16,17)10(14)15/h1-6,10H,(H,19,21). The number of nitrogens with zero attached hydrogens (tertiary/aromatic N) is 2. The van der Waals surface area contributed by atoms with E-state index in [1.54, 1.807) is 5.32 Å². The lowest BCUT2D eigenvalue weighted by Crippen LogP contribution is -2.41. The molecule has 1 aromatic carbocycles. The van der Waals surface area contributed by atoms with Crippen LogP contribution in [-0.2, 0) is 4.79 Å². The topological polar surface area (TPSA) is 46.9 Å². The van der Waals surface area contributed by atoms with Gasteiger partial charge in [-0.3, -0.25) is 4.79 Å². The molecular weight excluding hydrogens is 314 g/mol. The molecule has 2 rings (SSSR count). The Kier molecular flexibility index (Phi) is 4.17. The summed E-state index contributed by atoms with van der Waals surface area (Å²) in [7, 11) is 0. The molecule has 0 atom stereocenters. The van der Waals surface area contributed by atoms with Crippen LogP contribution in [0.15, 0.2) is 36.9 Å². The van der Waals surface area contributed by atoms with Gasteiger partial charge in [0.2, 0.25) is 0 Å². The van der Waals surface area contributed by atoms with Crippen molar-refractivity contribution in [3.8, 4) is 5.69 Å². The quantitative estimate of drug-likeness (QED) is 0.878. The van der Waals surface area contributed by atoms with Gasteiger partial charge in [-0.05, 0) is 12.1 Å². The van der Waals surface area contributed by atoms with Crippen molar-refractivity contribution in [2.45, 2.75) is 12.3 Å². The van der Waals surface area contributed by atoms with Gasteiger partial charge in [0.05, 0.1) is 22.7 Å². The molecule has 0 radical (unpaired) electrons. The van der Waals surface area contributed by atoms with Crippen molar-refractivity contribution in [1.82, 2.24) is 9.55 Å². The van der Waals surface area contributed by atoms with Crippen LogP contribution in [0.4, 0.5) is 23.2 Å². The number of rotatable bonds is 4. The minimum absolute atomic E-state index is 0.131. The molecule has 1 amide bonds. The number of hydrogen-bond acceptors (Lipinski definition) is 2. The fraction of sp³-hybridized carbons (Fsp3) is 0.167. The highest BCUT2D eigenvalue weighted by atomic mass is 35.5. The smallest absolute Gasteiger partial charge is 0.319 e. The van der Waals surface area contributed by atoms with Gasteiger partial charge in [0.1, 0.15) is 0 Å². The second-order valence-electron chi connectivity index (χ2n) is 3.98. The lowest BCUT2D eigenvalue weighted by atomic mass is 10.2. The number of halogens is 5. The first-order valence-corrected chi connectivity index (χ1v) is 5.96. The van der Waals surface area contributed by atoms with E-state index in [2.05, 4.69) is 4.98 Å². The molecule has 0 saturated carbocycles. The van der Waals surface area contributed by atoms with E-state index in [9.17, 15) is 22.4 Å². The van der Waals surface area contributed by atoms with Crippen LogP contribution < -0.4 is 5.32 Å². The summed E-state index contributed by atoms with van der Waals surface area (Å²) in [4.78, 5) is 15.1. The number of anilines is 1. The first-order chi connectivity index (χ1) is 9.84. The molecule has 1 heterocycles. The van der Waals surface area contributed by atoms with Crippen molar-refractivity contribution in [2.75, 3.05) is 5.32 Å². The number of carbonyl (C=O) groups is 1. The van der Waals surface area contributed by atoms with Crippen LogP contribution in [-0.4, -0.2) is 27.8 Å². The zero-order valence-corrected chi connectivity index (χ0v) is 11.0. The summed E-state index contributed by atoms with van der Waals surface area (Å²) < 4.78 is 51.7. The van der Waals surface area contributed by atoms with E-state index in [-0.39, 0.29) is 16.4 Å². The van der Waals surface area contributed by atoms with E-state index in [1.807, 2.05) is 0 Å². The highest BCUT2D eigenvalue weighted by Crippen LogP contribution is 2.31. The van der Waals surface area contributed by atoms with Crippen LogP contribution >= 0.6 is 11.6 Å². The molecular formula is C12H8ClF4N3O. The molecule has 9 heteroatoms. The second-order valence-corrected chi connectivity index (χ2v) is 4.39. The number of hydrogen-bond donors (Lipinski definition) is 1. The predicted molar refractivity (Wildman–Crippen MR) is 68.2 cm³/mol. The number of nitrogens with one attached hydrogen (secondary N) is 1. The zero-order chi connectivity index (χ0) is 15.6. The first-order valence-electron chi connectivity index (χ1n) is 5.58. The zero-order valence-electron chi connectivity index (χ0n) is 10.2. The van der Waals surface area contributed by atoms with Crippen molar-refractivity contribution in [1.29, 1.82) is 0 Å². The number of para-hydroxylation sites is 1. The van der Waals surface area contributed by atoms with Crippen LogP contribution in [0.3, 0.4) is 0 Å². The van der Waals surface area contributed by atoms with Gasteiger partial charge in [-0.1, -0.05) is 17.7 Å². The third-order valence-electron chi connectivity index (χ3n) is 2.57. The Bertz CT molecular complexity index is 646. The largest absolute Gasteiger partial charge is 0.383 e. The van der Waals surface area contributed by atoms with E-state index >= 15 is 0 Å². The Morgan fingerprint density at radius 1 is 1.38 bits per heavy atom. The van der Waals surface area contributed by atoms with Crippen LogP contribution in [0.5, 0.6) is 0 Å². The summed E-state index contributed by atoms with van der Waals surface area (Å²) >= 11 is 5.95. The Morgan fingerprint density at radius 2 is 2.10 bits per heavy atom. The Labute approximate surface area is 121 Å². The van der Waals surface area contributed by atoms with Crippen LogP contribution in [0.25, 0.3) is 5.69 Å². The predicted octanol–water partition coefficient (Wildman–Crippen LogP) is 3.36. The number of imidazole rings is 1. The Hall–Kier alpha value is -2.09. The molecule has 0 aliphatic heterocycles. The summed E-state index contributed by atoms with van der Waals surface area (Å²) in [6.45, 7) is 0. The van der Waals surface area contributed by atoms with Crippen LogP contribution in [0, 0.1) is 0 Å². The Balaban J connectivity index is 2.38. The highest BCUT2D eigenvalue weighted by molar-refractivity contribution is 6.33. The maximum atomic E-state index is 13.0. The van der Waals surface area contributed by atoms with Gasteiger partial charge in [0.25, 0.3) is 0 Å². The second kappa shape index (κ2) is 5.72. The molecule has 0 saturated heterocycles. The molecule has 21 heavy (non-hydrogen) atoms. The normalized spacial score (nSPS) is 11.7. The third kappa shape index (κ3) is 2.99. The third-order valence-corrected chi connectivity index (χ3v) is 2.88. The van der Waals surface area contributed by atoms with Gasteiger partial charge >= 0.3 is 18.3 Å². The van der Waals surface area contributed by atoms with Crippen LogP contribution in [0.1, 0.15) is 0 Å². The minimum atomic E-state index is -4.80. The summed E-state index contributed by atoms with van der Waals surface area (Å²) in [5, 5.41) is 1.89. The fourth-order valence-electron chi connectivity index (χ4n) is 1.57. The number of alkyl halides is 4. The molecule has 1 N–H and O–H groups in total. The molecule has 4 nitrogen and oxygen atoms in total. The molecule has 0 fully saturated rings. The average molecular weight is 322 g/mol. The number of aromatic nitrogens is 2. The summed E-state index contributed by atoms with van der Waals surface area (Å²) in [6.07, 6.45) is 0.0841. The minimum Gasteiger partial charge on any atom is -0.319 e. The van der Waals surface area contributed by atoms with Crippen molar-refractivity contribution in [3.63, 3.8) is 0 Å². The number of carbonyl (C=O) groups excluding carboxylic acids is 1. The van der Waals surface area contributed by atoms with E-state index in [0.29, 0.717) is 0 Å². The molecule has 0 spiro atoms. The molecule has 0 aliphatic rings. The lowest BCUT2D eigenvalue weighted by molar-refractivity contribution is -0.163.